The highest BCUT2D eigenvalue weighted by molar-refractivity contribution is 5.79. The summed E-state index contributed by atoms with van der Waals surface area (Å²) in [6.45, 7) is 11.3. The molecule has 6 heteroatoms. The molecule has 6 nitrogen and oxygen atoms in total. The Labute approximate surface area is 167 Å². The number of nitrogens with one attached hydrogen (secondary N) is 1. The summed E-state index contributed by atoms with van der Waals surface area (Å²) in [5.41, 5.74) is 1.35. The van der Waals surface area contributed by atoms with Gasteiger partial charge in [-0.05, 0) is 51.2 Å². The zero-order valence-corrected chi connectivity index (χ0v) is 17.4. The van der Waals surface area contributed by atoms with Crippen molar-refractivity contribution in [2.24, 2.45) is 5.92 Å². The van der Waals surface area contributed by atoms with Crippen LogP contribution in [-0.2, 0) is 16.0 Å². The van der Waals surface area contributed by atoms with Crippen molar-refractivity contribution in [3.05, 3.63) is 35.9 Å². The minimum absolute atomic E-state index is 0.100. The Morgan fingerprint density at radius 2 is 1.96 bits per heavy atom. The van der Waals surface area contributed by atoms with Gasteiger partial charge in [-0.25, -0.2) is 4.79 Å². The van der Waals surface area contributed by atoms with Crippen LogP contribution in [-0.4, -0.2) is 49.2 Å². The lowest BCUT2D eigenvalue weighted by atomic mass is 9.96. The van der Waals surface area contributed by atoms with Crippen molar-refractivity contribution in [2.45, 2.75) is 45.6 Å². The molecule has 2 amide bonds. The van der Waals surface area contributed by atoms with Gasteiger partial charge in [0.2, 0.25) is 5.91 Å². The minimum atomic E-state index is -0.495. The molecule has 0 bridgehead atoms. The van der Waals surface area contributed by atoms with E-state index >= 15 is 0 Å². The van der Waals surface area contributed by atoms with Gasteiger partial charge < -0.3 is 19.7 Å². The van der Waals surface area contributed by atoms with Crippen LogP contribution in [0.4, 0.5) is 4.79 Å². The third kappa shape index (κ3) is 6.59. The van der Waals surface area contributed by atoms with Crippen LogP contribution in [0, 0.1) is 5.92 Å². The number of ether oxygens (including phenoxy) is 2. The van der Waals surface area contributed by atoms with E-state index in [1.807, 2.05) is 43.9 Å². The highest BCUT2D eigenvalue weighted by Gasteiger charge is 2.24. The zero-order valence-electron chi connectivity index (χ0n) is 17.4. The van der Waals surface area contributed by atoms with E-state index in [1.54, 1.807) is 13.2 Å². The average molecular weight is 389 g/mol. The van der Waals surface area contributed by atoms with Gasteiger partial charge in [0.05, 0.1) is 13.5 Å². The number of piperidine rings is 1. The Balaban J connectivity index is 1.81. The molecule has 1 aliphatic heterocycles. The number of methoxy groups -OCH3 is 1. The van der Waals surface area contributed by atoms with E-state index in [0.29, 0.717) is 37.7 Å². The van der Waals surface area contributed by atoms with E-state index in [9.17, 15) is 9.59 Å². The van der Waals surface area contributed by atoms with Crippen molar-refractivity contribution in [1.82, 2.24) is 10.2 Å². The van der Waals surface area contributed by atoms with E-state index in [-0.39, 0.29) is 12.0 Å². The highest BCUT2D eigenvalue weighted by Crippen LogP contribution is 2.23. The summed E-state index contributed by atoms with van der Waals surface area (Å²) < 4.78 is 10.7. The second-order valence-electron chi connectivity index (χ2n) is 8.16. The molecule has 0 saturated carbocycles. The third-order valence-electron chi connectivity index (χ3n) is 4.79. The van der Waals surface area contributed by atoms with Gasteiger partial charge in [-0.2, -0.15) is 0 Å². The Kier molecular flexibility index (Phi) is 7.49. The van der Waals surface area contributed by atoms with Crippen LogP contribution < -0.4 is 10.1 Å². The molecule has 1 aliphatic rings. The fraction of sp³-hybridized carbons (Fsp3) is 0.545. The molecule has 0 radical (unpaired) electrons. The second kappa shape index (κ2) is 9.62. The Morgan fingerprint density at radius 1 is 1.29 bits per heavy atom. The Hall–Kier alpha value is -2.50. The van der Waals surface area contributed by atoms with Gasteiger partial charge in [0.1, 0.15) is 11.4 Å². The average Bonchev–Trinajstić information content (AvgIpc) is 2.65. The summed E-state index contributed by atoms with van der Waals surface area (Å²) in [6.07, 6.45) is 3.43. The smallest absolute Gasteiger partial charge is 0.407 e. The Bertz CT molecular complexity index is 701. The highest BCUT2D eigenvalue weighted by atomic mass is 16.6. The molecule has 1 saturated heterocycles. The summed E-state index contributed by atoms with van der Waals surface area (Å²) in [4.78, 5) is 26.3. The molecule has 28 heavy (non-hydrogen) atoms. The summed E-state index contributed by atoms with van der Waals surface area (Å²) >= 11 is 0. The van der Waals surface area contributed by atoms with Crippen LogP contribution in [0.3, 0.4) is 0 Å². The van der Waals surface area contributed by atoms with Crippen LogP contribution in [0.5, 0.6) is 5.75 Å². The van der Waals surface area contributed by atoms with Crippen LogP contribution >= 0.6 is 0 Å². The molecule has 1 heterocycles. The number of alkyl carbamates (subject to hydrolysis) is 1. The monoisotopic (exact) mass is 388 g/mol. The predicted octanol–water partition coefficient (Wildman–Crippen LogP) is 3.64. The maximum Gasteiger partial charge on any atom is 0.407 e. The molecule has 0 spiro atoms. The van der Waals surface area contributed by atoms with Crippen molar-refractivity contribution in [1.29, 1.82) is 0 Å². The van der Waals surface area contributed by atoms with Gasteiger partial charge in [0.15, 0.2) is 0 Å². The standard InChI is InChI=1S/C22H32N2O4/c1-6-16-7-8-18(19(13-16)27-5)14-20(25)24-11-9-17(10-12-24)15-23-21(26)28-22(2,3)4/h6-8,13,17H,1,9-12,14-15H2,2-5H3,(H,23,26). The maximum atomic E-state index is 12.7. The predicted molar refractivity (Wildman–Crippen MR) is 110 cm³/mol. The van der Waals surface area contributed by atoms with E-state index in [1.165, 1.54) is 0 Å². The number of benzene rings is 1. The quantitative estimate of drug-likeness (QED) is 0.808. The summed E-state index contributed by atoms with van der Waals surface area (Å²) in [5.74, 6) is 1.17. The van der Waals surface area contributed by atoms with Gasteiger partial charge in [0.25, 0.3) is 0 Å². The van der Waals surface area contributed by atoms with E-state index in [0.717, 1.165) is 24.0 Å². The van der Waals surface area contributed by atoms with Crippen molar-refractivity contribution in [3.8, 4) is 5.75 Å². The lowest BCUT2D eigenvalue weighted by Gasteiger charge is -2.32. The number of rotatable bonds is 6. The summed E-state index contributed by atoms with van der Waals surface area (Å²) in [7, 11) is 1.61. The number of hydrogen-bond donors (Lipinski definition) is 1. The van der Waals surface area contributed by atoms with Crippen LogP contribution in [0.1, 0.15) is 44.7 Å². The number of hydrogen-bond acceptors (Lipinski definition) is 4. The van der Waals surface area contributed by atoms with Crippen LogP contribution in [0.15, 0.2) is 24.8 Å². The molecular formula is C22H32N2O4. The fourth-order valence-electron chi connectivity index (χ4n) is 3.24. The topological polar surface area (TPSA) is 67.9 Å². The first-order valence-electron chi connectivity index (χ1n) is 9.76. The molecular weight excluding hydrogens is 356 g/mol. The maximum absolute atomic E-state index is 12.7. The minimum Gasteiger partial charge on any atom is -0.496 e. The molecule has 0 unspecified atom stereocenters. The second-order valence-corrected chi connectivity index (χ2v) is 8.16. The molecule has 1 fully saturated rings. The van der Waals surface area contributed by atoms with Gasteiger partial charge >= 0.3 is 6.09 Å². The van der Waals surface area contributed by atoms with Crippen LogP contribution in [0.25, 0.3) is 6.08 Å². The molecule has 2 rings (SSSR count). The SMILES string of the molecule is C=Cc1ccc(CC(=O)N2CCC(CNC(=O)OC(C)(C)C)CC2)c(OC)c1. The molecule has 1 aromatic carbocycles. The number of nitrogens with zero attached hydrogens (tertiary/aromatic N) is 1. The first-order valence-corrected chi connectivity index (χ1v) is 9.76. The Morgan fingerprint density at radius 3 is 2.54 bits per heavy atom. The number of likely N-dealkylation sites (tertiary alicyclic amines) is 1. The van der Waals surface area contributed by atoms with Gasteiger partial charge in [-0.3, -0.25) is 4.79 Å². The van der Waals surface area contributed by atoms with E-state index < -0.39 is 5.60 Å². The van der Waals surface area contributed by atoms with Gasteiger partial charge in [0, 0.05) is 25.2 Å². The van der Waals surface area contributed by atoms with E-state index in [4.69, 9.17) is 9.47 Å². The lowest BCUT2D eigenvalue weighted by molar-refractivity contribution is -0.131. The van der Waals surface area contributed by atoms with Gasteiger partial charge in [-0.15, -0.1) is 0 Å². The zero-order chi connectivity index (χ0) is 20.7. The normalized spacial score (nSPS) is 15.1. The largest absolute Gasteiger partial charge is 0.496 e. The number of carbonyl (C=O) groups excluding carboxylic acids is 2. The molecule has 1 aromatic rings. The first kappa shape index (κ1) is 21.8. The van der Waals surface area contributed by atoms with Crippen molar-refractivity contribution >= 4 is 18.1 Å². The van der Waals surface area contributed by atoms with Gasteiger partial charge in [-0.1, -0.05) is 24.8 Å². The molecule has 154 valence electrons. The number of carbonyl (C=O) groups is 2. The summed E-state index contributed by atoms with van der Waals surface area (Å²) in [6, 6.07) is 5.75. The van der Waals surface area contributed by atoms with E-state index in [2.05, 4.69) is 11.9 Å². The van der Waals surface area contributed by atoms with Crippen LogP contribution in [0.2, 0.25) is 0 Å². The third-order valence-corrected chi connectivity index (χ3v) is 4.79. The molecule has 1 N–H and O–H groups in total. The van der Waals surface area contributed by atoms with Crippen molar-refractivity contribution < 1.29 is 19.1 Å². The fourth-order valence-corrected chi connectivity index (χ4v) is 3.24. The molecule has 0 aliphatic carbocycles. The first-order chi connectivity index (χ1) is 13.2. The van der Waals surface area contributed by atoms with Crippen molar-refractivity contribution in [3.63, 3.8) is 0 Å². The molecule has 0 atom stereocenters. The molecule has 0 aromatic heterocycles. The lowest BCUT2D eigenvalue weighted by Crippen LogP contribution is -2.42. The van der Waals surface area contributed by atoms with Crippen molar-refractivity contribution in [2.75, 3.05) is 26.7 Å². The number of amides is 2. The summed E-state index contributed by atoms with van der Waals surface area (Å²) in [5, 5.41) is 2.83.